The highest BCUT2D eigenvalue weighted by Gasteiger charge is 2.28. The summed E-state index contributed by atoms with van der Waals surface area (Å²) in [5.74, 6) is 0.736. The van der Waals surface area contributed by atoms with Crippen molar-refractivity contribution >= 4 is 5.91 Å². The molecule has 1 saturated heterocycles. The van der Waals surface area contributed by atoms with Crippen LogP contribution < -0.4 is 5.73 Å². The molecule has 1 unspecified atom stereocenters. The number of hydrogen-bond acceptors (Lipinski definition) is 3. The lowest BCUT2D eigenvalue weighted by molar-refractivity contribution is -0.132. The van der Waals surface area contributed by atoms with E-state index in [1.165, 1.54) is 0 Å². The zero-order chi connectivity index (χ0) is 11.4. The Hall–Kier alpha value is -0.610. The molecule has 1 aliphatic heterocycles. The van der Waals surface area contributed by atoms with Crippen LogP contribution in [0.2, 0.25) is 0 Å². The van der Waals surface area contributed by atoms with Gasteiger partial charge in [0.2, 0.25) is 5.91 Å². The van der Waals surface area contributed by atoms with Gasteiger partial charge in [-0.15, -0.1) is 0 Å². The molecule has 0 radical (unpaired) electrons. The van der Waals surface area contributed by atoms with E-state index in [0.717, 1.165) is 19.4 Å². The van der Waals surface area contributed by atoms with E-state index >= 15 is 0 Å². The number of amides is 1. The molecule has 1 aliphatic rings. The molecule has 1 heterocycles. The van der Waals surface area contributed by atoms with E-state index < -0.39 is 0 Å². The first-order chi connectivity index (χ1) is 7.04. The number of aliphatic hydroxyl groups is 1. The van der Waals surface area contributed by atoms with Crippen molar-refractivity contribution < 1.29 is 9.90 Å². The third kappa shape index (κ3) is 3.47. The first-order valence-electron chi connectivity index (χ1n) is 5.69. The average Bonchev–Trinajstić information content (AvgIpc) is 2.63. The van der Waals surface area contributed by atoms with Gasteiger partial charge in [-0.25, -0.2) is 0 Å². The van der Waals surface area contributed by atoms with Crippen molar-refractivity contribution in [2.24, 2.45) is 17.6 Å². The van der Waals surface area contributed by atoms with Crippen molar-refractivity contribution in [3.63, 3.8) is 0 Å². The number of nitrogens with zero attached hydrogens (tertiary/aromatic N) is 1. The number of carbonyl (C=O) groups is 1. The predicted molar refractivity (Wildman–Crippen MR) is 59.2 cm³/mol. The summed E-state index contributed by atoms with van der Waals surface area (Å²) in [6, 6.07) is -0.373. The molecule has 2 atom stereocenters. The van der Waals surface area contributed by atoms with E-state index in [4.69, 9.17) is 10.8 Å². The van der Waals surface area contributed by atoms with Crippen LogP contribution in [0.15, 0.2) is 0 Å². The Kier molecular flexibility index (Phi) is 4.54. The zero-order valence-corrected chi connectivity index (χ0v) is 9.65. The maximum absolute atomic E-state index is 11.9. The van der Waals surface area contributed by atoms with Crippen LogP contribution in [-0.2, 0) is 4.79 Å². The minimum Gasteiger partial charge on any atom is -0.396 e. The standard InChI is InChI=1S/C11H22N2O2/c1-8(2)5-10(12)11(15)13-4-3-9(6-13)7-14/h8-10,14H,3-7,12H2,1-2H3/t9?,10-/m1/s1. The van der Waals surface area contributed by atoms with Gasteiger partial charge in [-0.3, -0.25) is 4.79 Å². The van der Waals surface area contributed by atoms with Crippen molar-refractivity contribution in [3.8, 4) is 0 Å². The van der Waals surface area contributed by atoms with Crippen molar-refractivity contribution in [2.45, 2.75) is 32.7 Å². The van der Waals surface area contributed by atoms with Gasteiger partial charge in [0.15, 0.2) is 0 Å². The molecule has 88 valence electrons. The Morgan fingerprint density at radius 1 is 1.60 bits per heavy atom. The normalized spacial score (nSPS) is 23.5. The topological polar surface area (TPSA) is 66.6 Å². The molecule has 0 aliphatic carbocycles. The number of hydrogen-bond donors (Lipinski definition) is 2. The maximum Gasteiger partial charge on any atom is 0.239 e. The van der Waals surface area contributed by atoms with Crippen LogP contribution in [0.1, 0.15) is 26.7 Å². The Bertz CT molecular complexity index is 219. The van der Waals surface area contributed by atoms with E-state index in [1.54, 1.807) is 4.90 Å². The van der Waals surface area contributed by atoms with Gasteiger partial charge in [-0.05, 0) is 18.8 Å². The molecule has 15 heavy (non-hydrogen) atoms. The summed E-state index contributed by atoms with van der Waals surface area (Å²) in [5.41, 5.74) is 5.83. The minimum absolute atomic E-state index is 0.0413. The smallest absolute Gasteiger partial charge is 0.239 e. The van der Waals surface area contributed by atoms with Crippen LogP contribution in [0, 0.1) is 11.8 Å². The van der Waals surface area contributed by atoms with Crippen molar-refractivity contribution in [1.82, 2.24) is 4.90 Å². The quantitative estimate of drug-likeness (QED) is 0.702. The highest BCUT2D eigenvalue weighted by molar-refractivity contribution is 5.81. The van der Waals surface area contributed by atoms with E-state index in [1.807, 2.05) is 0 Å². The Morgan fingerprint density at radius 3 is 2.73 bits per heavy atom. The summed E-state index contributed by atoms with van der Waals surface area (Å²) in [4.78, 5) is 13.6. The molecule has 3 N–H and O–H groups in total. The predicted octanol–water partition coefficient (Wildman–Crippen LogP) is 0.201. The highest BCUT2D eigenvalue weighted by Crippen LogP contribution is 2.17. The molecule has 0 aromatic rings. The van der Waals surface area contributed by atoms with E-state index in [0.29, 0.717) is 12.5 Å². The molecule has 1 amide bonds. The van der Waals surface area contributed by atoms with Gasteiger partial charge in [0, 0.05) is 25.6 Å². The lowest BCUT2D eigenvalue weighted by atomic mass is 10.0. The SMILES string of the molecule is CC(C)C[C@@H](N)C(=O)N1CCC(CO)C1. The molecule has 0 aromatic carbocycles. The van der Waals surface area contributed by atoms with Crippen LogP contribution in [-0.4, -0.2) is 41.7 Å². The monoisotopic (exact) mass is 214 g/mol. The van der Waals surface area contributed by atoms with Gasteiger partial charge in [0.1, 0.15) is 0 Å². The van der Waals surface area contributed by atoms with Crippen LogP contribution in [0.4, 0.5) is 0 Å². The maximum atomic E-state index is 11.9. The van der Waals surface area contributed by atoms with Gasteiger partial charge in [-0.1, -0.05) is 13.8 Å². The Morgan fingerprint density at radius 2 is 2.27 bits per heavy atom. The fraction of sp³-hybridized carbons (Fsp3) is 0.909. The summed E-state index contributed by atoms with van der Waals surface area (Å²) >= 11 is 0. The molecular formula is C11H22N2O2. The number of nitrogens with two attached hydrogens (primary N) is 1. The Balaban J connectivity index is 2.40. The summed E-state index contributed by atoms with van der Waals surface area (Å²) in [7, 11) is 0. The number of aliphatic hydroxyl groups excluding tert-OH is 1. The fourth-order valence-corrected chi connectivity index (χ4v) is 2.03. The lowest BCUT2D eigenvalue weighted by Gasteiger charge is -2.21. The molecule has 0 saturated carbocycles. The molecule has 4 heteroatoms. The van der Waals surface area contributed by atoms with Crippen molar-refractivity contribution in [3.05, 3.63) is 0 Å². The molecule has 1 fully saturated rings. The van der Waals surface area contributed by atoms with Crippen LogP contribution in [0.5, 0.6) is 0 Å². The van der Waals surface area contributed by atoms with Gasteiger partial charge >= 0.3 is 0 Å². The Labute approximate surface area is 91.4 Å². The van der Waals surface area contributed by atoms with E-state index in [-0.39, 0.29) is 24.5 Å². The molecule has 1 rings (SSSR count). The van der Waals surface area contributed by atoms with Crippen molar-refractivity contribution in [1.29, 1.82) is 0 Å². The van der Waals surface area contributed by atoms with E-state index in [2.05, 4.69) is 13.8 Å². The van der Waals surface area contributed by atoms with Crippen molar-refractivity contribution in [2.75, 3.05) is 19.7 Å². The summed E-state index contributed by atoms with van der Waals surface area (Å²) in [6.07, 6.45) is 1.63. The average molecular weight is 214 g/mol. The van der Waals surface area contributed by atoms with Gasteiger partial charge in [-0.2, -0.15) is 0 Å². The second kappa shape index (κ2) is 5.47. The summed E-state index contributed by atoms with van der Waals surface area (Å²) in [5, 5.41) is 8.98. The third-order valence-electron chi connectivity index (χ3n) is 2.90. The van der Waals surface area contributed by atoms with E-state index in [9.17, 15) is 4.79 Å². The number of carbonyl (C=O) groups excluding carboxylic acids is 1. The number of rotatable bonds is 4. The minimum atomic E-state index is -0.373. The van der Waals surface area contributed by atoms with Crippen LogP contribution in [0.25, 0.3) is 0 Å². The second-order valence-corrected chi connectivity index (χ2v) is 4.86. The zero-order valence-electron chi connectivity index (χ0n) is 9.65. The van der Waals surface area contributed by atoms with Gasteiger partial charge in [0.05, 0.1) is 6.04 Å². The molecule has 0 bridgehead atoms. The highest BCUT2D eigenvalue weighted by atomic mass is 16.3. The van der Waals surface area contributed by atoms with Crippen LogP contribution in [0.3, 0.4) is 0 Å². The number of likely N-dealkylation sites (tertiary alicyclic amines) is 1. The fourth-order valence-electron chi connectivity index (χ4n) is 2.03. The summed E-state index contributed by atoms with van der Waals surface area (Å²) in [6.45, 7) is 5.71. The third-order valence-corrected chi connectivity index (χ3v) is 2.90. The lowest BCUT2D eigenvalue weighted by Crippen LogP contribution is -2.43. The molecule has 0 aromatic heterocycles. The molecular weight excluding hydrogens is 192 g/mol. The second-order valence-electron chi connectivity index (χ2n) is 4.86. The van der Waals surface area contributed by atoms with Gasteiger partial charge in [0.25, 0.3) is 0 Å². The first-order valence-corrected chi connectivity index (χ1v) is 5.69. The summed E-state index contributed by atoms with van der Waals surface area (Å²) < 4.78 is 0. The largest absolute Gasteiger partial charge is 0.396 e. The van der Waals surface area contributed by atoms with Gasteiger partial charge < -0.3 is 15.7 Å². The molecule has 0 spiro atoms. The first kappa shape index (κ1) is 12.5. The van der Waals surface area contributed by atoms with Crippen LogP contribution >= 0.6 is 0 Å². The molecule has 4 nitrogen and oxygen atoms in total.